The van der Waals surface area contributed by atoms with Crippen molar-refractivity contribution in [2.24, 2.45) is 4.99 Å². The summed E-state index contributed by atoms with van der Waals surface area (Å²) in [6, 6.07) is 21.2. The van der Waals surface area contributed by atoms with E-state index in [1.54, 1.807) is 7.11 Å². The molecule has 0 unspecified atom stereocenters. The number of ether oxygens (including phenoxy) is 3. The van der Waals surface area contributed by atoms with Gasteiger partial charge in [0.05, 0.1) is 24.3 Å². The number of amidine groups is 1. The van der Waals surface area contributed by atoms with Crippen LogP contribution in [0.1, 0.15) is 18.1 Å². The first kappa shape index (κ1) is 24.2. The largest absolute Gasteiger partial charge is 0.494 e. The zero-order valence-electron chi connectivity index (χ0n) is 18.7. The predicted molar refractivity (Wildman–Crippen MR) is 145 cm³/mol. The molecule has 6 nitrogen and oxygen atoms in total. The molecule has 0 bridgehead atoms. The Morgan fingerprint density at radius 2 is 1.76 bits per heavy atom. The minimum absolute atomic E-state index is 0.187. The van der Waals surface area contributed by atoms with Gasteiger partial charge in [-0.15, -0.1) is 0 Å². The summed E-state index contributed by atoms with van der Waals surface area (Å²) < 4.78 is 18.1. The number of hydrogen-bond acceptors (Lipinski definition) is 6. The zero-order chi connectivity index (χ0) is 23.9. The molecule has 1 saturated heterocycles. The summed E-state index contributed by atoms with van der Waals surface area (Å²) >= 11 is 3.57. The molecule has 1 heterocycles. The highest BCUT2D eigenvalue weighted by molar-refractivity contribution is 14.1. The van der Waals surface area contributed by atoms with Crippen molar-refractivity contribution in [3.8, 4) is 17.2 Å². The second-order valence-corrected chi connectivity index (χ2v) is 9.51. The molecule has 3 aromatic carbocycles. The number of aliphatic imine (C=N–C) groups is 1. The van der Waals surface area contributed by atoms with Crippen LogP contribution in [-0.2, 0) is 11.4 Å². The van der Waals surface area contributed by atoms with Crippen molar-refractivity contribution >= 4 is 57.2 Å². The van der Waals surface area contributed by atoms with Crippen molar-refractivity contribution < 1.29 is 19.0 Å². The Balaban J connectivity index is 1.45. The number of amides is 1. The van der Waals surface area contributed by atoms with E-state index >= 15 is 0 Å². The van der Waals surface area contributed by atoms with E-state index in [0.29, 0.717) is 34.8 Å². The number of methoxy groups -OCH3 is 1. The minimum atomic E-state index is -0.187. The molecule has 0 aliphatic carbocycles. The Bertz CT molecular complexity index is 1220. The number of hydrogen-bond donors (Lipinski definition) is 1. The van der Waals surface area contributed by atoms with E-state index in [2.05, 4.69) is 32.9 Å². The second kappa shape index (κ2) is 11.4. The molecule has 1 fully saturated rings. The van der Waals surface area contributed by atoms with Crippen molar-refractivity contribution in [2.45, 2.75) is 13.5 Å². The van der Waals surface area contributed by atoms with E-state index in [0.717, 1.165) is 22.6 Å². The van der Waals surface area contributed by atoms with Crippen molar-refractivity contribution in [1.29, 1.82) is 0 Å². The molecule has 1 aliphatic rings. The lowest BCUT2D eigenvalue weighted by molar-refractivity contribution is -0.115. The van der Waals surface area contributed by atoms with Crippen LogP contribution in [0.4, 0.5) is 5.69 Å². The quantitative estimate of drug-likeness (QED) is 0.253. The Morgan fingerprint density at radius 1 is 1.00 bits per heavy atom. The molecule has 0 aromatic heterocycles. The number of thioether (sulfide) groups is 1. The van der Waals surface area contributed by atoms with Gasteiger partial charge < -0.3 is 19.5 Å². The normalized spacial score (nSPS) is 15.4. The van der Waals surface area contributed by atoms with Gasteiger partial charge in [0.25, 0.3) is 5.91 Å². The SMILES string of the molecule is CCOc1ccc(N=C2NC(=O)/C(=C/c3ccc(OCc4ccc(I)cc4)c(OC)c3)S2)cc1. The number of halogens is 1. The number of nitrogens with one attached hydrogen (secondary N) is 1. The van der Waals surface area contributed by atoms with E-state index in [9.17, 15) is 4.79 Å². The zero-order valence-corrected chi connectivity index (χ0v) is 21.7. The molecule has 1 N–H and O–H groups in total. The Kier molecular flexibility index (Phi) is 8.12. The van der Waals surface area contributed by atoms with Crippen molar-refractivity contribution in [3.05, 3.63) is 86.3 Å². The summed E-state index contributed by atoms with van der Waals surface area (Å²) in [5.74, 6) is 1.85. The molecule has 0 atom stereocenters. The summed E-state index contributed by atoms with van der Waals surface area (Å²) in [4.78, 5) is 17.5. The number of carbonyl (C=O) groups excluding carboxylic acids is 1. The molecule has 0 saturated carbocycles. The number of nitrogens with zero attached hydrogens (tertiary/aromatic N) is 1. The molecule has 0 spiro atoms. The van der Waals surface area contributed by atoms with Gasteiger partial charge in [-0.25, -0.2) is 4.99 Å². The minimum Gasteiger partial charge on any atom is -0.494 e. The van der Waals surface area contributed by atoms with Gasteiger partial charge in [0.1, 0.15) is 12.4 Å². The van der Waals surface area contributed by atoms with Crippen LogP contribution in [0, 0.1) is 3.57 Å². The fourth-order valence-electron chi connectivity index (χ4n) is 3.17. The third-order valence-corrected chi connectivity index (χ3v) is 6.45. The fourth-order valence-corrected chi connectivity index (χ4v) is 4.37. The van der Waals surface area contributed by atoms with Gasteiger partial charge in [-0.05, 0) is 107 Å². The van der Waals surface area contributed by atoms with E-state index in [1.165, 1.54) is 15.3 Å². The Labute approximate surface area is 216 Å². The summed E-state index contributed by atoms with van der Waals surface area (Å²) in [5.41, 5.74) is 2.65. The standard InChI is InChI=1S/C26H23IN2O4S/c1-3-32-21-11-9-20(10-12-21)28-26-29-25(30)24(34-26)15-18-6-13-22(23(14-18)31-2)33-16-17-4-7-19(27)8-5-17/h4-15H,3,16H2,1-2H3,(H,28,29,30)/b24-15-. The fraction of sp³-hybridized carbons (Fsp3) is 0.154. The molecule has 0 radical (unpaired) electrons. The maximum absolute atomic E-state index is 12.5. The van der Waals surface area contributed by atoms with Crippen LogP contribution < -0.4 is 19.5 Å². The third kappa shape index (κ3) is 6.32. The lowest BCUT2D eigenvalue weighted by Crippen LogP contribution is -2.19. The van der Waals surface area contributed by atoms with Crippen LogP contribution in [0.2, 0.25) is 0 Å². The van der Waals surface area contributed by atoms with Gasteiger partial charge in [0.2, 0.25) is 0 Å². The van der Waals surface area contributed by atoms with Gasteiger partial charge in [0, 0.05) is 3.57 Å². The topological polar surface area (TPSA) is 69.2 Å². The van der Waals surface area contributed by atoms with Crippen molar-refractivity contribution in [1.82, 2.24) is 5.32 Å². The van der Waals surface area contributed by atoms with Gasteiger partial charge in [-0.2, -0.15) is 0 Å². The molecular formula is C26H23IN2O4S. The number of carbonyl (C=O) groups is 1. The summed E-state index contributed by atoms with van der Waals surface area (Å²) in [5, 5.41) is 3.35. The molecule has 4 rings (SSSR count). The Morgan fingerprint density at radius 3 is 2.47 bits per heavy atom. The highest BCUT2D eigenvalue weighted by atomic mass is 127. The number of rotatable bonds is 8. The lowest BCUT2D eigenvalue weighted by atomic mass is 10.2. The van der Waals surface area contributed by atoms with Gasteiger partial charge in [0.15, 0.2) is 16.7 Å². The highest BCUT2D eigenvalue weighted by Gasteiger charge is 2.24. The molecule has 174 valence electrons. The molecule has 1 aliphatic heterocycles. The first-order valence-electron chi connectivity index (χ1n) is 10.6. The van der Waals surface area contributed by atoms with Crippen LogP contribution in [0.5, 0.6) is 17.2 Å². The van der Waals surface area contributed by atoms with Crippen LogP contribution in [0.15, 0.2) is 76.6 Å². The maximum atomic E-state index is 12.5. The molecule has 3 aromatic rings. The summed E-state index contributed by atoms with van der Waals surface area (Å²) in [6.45, 7) is 2.99. The average Bonchev–Trinajstić information content (AvgIpc) is 3.18. The van der Waals surface area contributed by atoms with E-state index in [1.807, 2.05) is 79.7 Å². The third-order valence-electron chi connectivity index (χ3n) is 4.82. The van der Waals surface area contributed by atoms with Crippen molar-refractivity contribution in [2.75, 3.05) is 13.7 Å². The smallest absolute Gasteiger partial charge is 0.264 e. The van der Waals surface area contributed by atoms with Crippen LogP contribution >= 0.6 is 34.4 Å². The van der Waals surface area contributed by atoms with Crippen LogP contribution in [0.25, 0.3) is 6.08 Å². The Hall–Kier alpha value is -2.98. The molecular weight excluding hydrogens is 563 g/mol. The van der Waals surface area contributed by atoms with Crippen LogP contribution in [-0.4, -0.2) is 24.8 Å². The number of benzene rings is 3. The predicted octanol–water partition coefficient (Wildman–Crippen LogP) is 6.17. The lowest BCUT2D eigenvalue weighted by Gasteiger charge is -2.11. The molecule has 8 heteroatoms. The van der Waals surface area contributed by atoms with Gasteiger partial charge >= 0.3 is 0 Å². The first-order valence-corrected chi connectivity index (χ1v) is 12.5. The van der Waals surface area contributed by atoms with Gasteiger partial charge in [-0.3, -0.25) is 4.79 Å². The summed E-state index contributed by atoms with van der Waals surface area (Å²) in [7, 11) is 1.60. The second-order valence-electron chi connectivity index (χ2n) is 7.23. The molecule has 1 amide bonds. The van der Waals surface area contributed by atoms with Gasteiger partial charge in [-0.1, -0.05) is 18.2 Å². The van der Waals surface area contributed by atoms with Crippen LogP contribution in [0.3, 0.4) is 0 Å². The molecule has 34 heavy (non-hydrogen) atoms. The average molecular weight is 586 g/mol. The maximum Gasteiger partial charge on any atom is 0.264 e. The highest BCUT2D eigenvalue weighted by Crippen LogP contribution is 2.33. The van der Waals surface area contributed by atoms with E-state index in [-0.39, 0.29) is 5.91 Å². The monoisotopic (exact) mass is 586 g/mol. The van der Waals surface area contributed by atoms with Crippen molar-refractivity contribution in [3.63, 3.8) is 0 Å². The van der Waals surface area contributed by atoms with E-state index < -0.39 is 0 Å². The first-order chi connectivity index (χ1) is 16.5. The summed E-state index contributed by atoms with van der Waals surface area (Å²) in [6.07, 6.45) is 1.81. The van der Waals surface area contributed by atoms with E-state index in [4.69, 9.17) is 14.2 Å².